The van der Waals surface area contributed by atoms with E-state index in [9.17, 15) is 14.9 Å². The quantitative estimate of drug-likeness (QED) is 0.674. The van der Waals surface area contributed by atoms with Crippen molar-refractivity contribution in [1.29, 1.82) is 0 Å². The van der Waals surface area contributed by atoms with Gasteiger partial charge in [0.25, 0.3) is 5.91 Å². The molecule has 1 aromatic carbocycles. The maximum absolute atomic E-state index is 12.6. The summed E-state index contributed by atoms with van der Waals surface area (Å²) < 4.78 is 5.67. The molecule has 22 heavy (non-hydrogen) atoms. The van der Waals surface area contributed by atoms with Gasteiger partial charge in [0.05, 0.1) is 4.92 Å². The van der Waals surface area contributed by atoms with Crippen molar-refractivity contribution in [3.05, 3.63) is 34.4 Å². The van der Waals surface area contributed by atoms with Crippen LogP contribution < -0.4 is 10.5 Å². The molecule has 0 bridgehead atoms. The molecule has 0 atom stereocenters. The maximum Gasteiger partial charge on any atom is 0.310 e. The molecule has 0 spiro atoms. The lowest BCUT2D eigenvalue weighted by atomic mass is 10.0. The zero-order chi connectivity index (χ0) is 16.3. The van der Waals surface area contributed by atoms with Gasteiger partial charge in [-0.15, -0.1) is 0 Å². The van der Waals surface area contributed by atoms with Gasteiger partial charge in [-0.2, -0.15) is 0 Å². The number of rotatable bonds is 4. The first-order chi connectivity index (χ1) is 10.3. The molecule has 1 aromatic rings. The fraction of sp³-hybridized carbons (Fsp3) is 0.533. The number of para-hydroxylation sites is 2. The number of carbonyl (C=O) groups excluding carboxylic acids is 1. The Morgan fingerprint density at radius 3 is 2.55 bits per heavy atom. The summed E-state index contributed by atoms with van der Waals surface area (Å²) in [5.41, 5.74) is 4.52. The van der Waals surface area contributed by atoms with Gasteiger partial charge < -0.3 is 15.4 Å². The van der Waals surface area contributed by atoms with Crippen LogP contribution in [-0.2, 0) is 4.79 Å². The normalized spacial score (nSPS) is 16.4. The highest BCUT2D eigenvalue weighted by Gasteiger charge is 2.37. The minimum Gasteiger partial charge on any atom is -0.471 e. The smallest absolute Gasteiger partial charge is 0.310 e. The second-order valence-corrected chi connectivity index (χ2v) is 5.97. The number of nitro groups is 1. The lowest BCUT2D eigenvalue weighted by Gasteiger charge is -2.36. The van der Waals surface area contributed by atoms with Crippen LogP contribution in [0.5, 0.6) is 5.75 Å². The third-order valence-electron chi connectivity index (χ3n) is 3.77. The number of likely N-dealkylation sites (tertiary alicyclic amines) is 1. The minimum absolute atomic E-state index is 0.0968. The Balaban J connectivity index is 2.13. The van der Waals surface area contributed by atoms with Gasteiger partial charge in [-0.1, -0.05) is 12.1 Å². The fourth-order valence-corrected chi connectivity index (χ4v) is 2.50. The molecule has 0 aromatic heterocycles. The van der Waals surface area contributed by atoms with Crippen LogP contribution >= 0.6 is 0 Å². The topological polar surface area (TPSA) is 98.7 Å². The summed E-state index contributed by atoms with van der Waals surface area (Å²) in [6.07, 6.45) is 1.51. The predicted molar refractivity (Wildman–Crippen MR) is 81.6 cm³/mol. The standard InChI is InChI=1S/C15H21N3O4/c1-15(2,14(19)17-9-7-11(16)8-10-17)22-13-6-4-3-5-12(13)18(20)21/h3-6,11H,7-10,16H2,1-2H3. The Bertz CT molecular complexity index is 566. The molecule has 1 saturated heterocycles. The summed E-state index contributed by atoms with van der Waals surface area (Å²) in [5, 5.41) is 11.0. The van der Waals surface area contributed by atoms with E-state index in [0.29, 0.717) is 13.1 Å². The van der Waals surface area contributed by atoms with Crippen LogP contribution in [0.25, 0.3) is 0 Å². The molecule has 7 heteroatoms. The summed E-state index contributed by atoms with van der Waals surface area (Å²) in [5.74, 6) is -0.0860. The van der Waals surface area contributed by atoms with Gasteiger partial charge in [0.2, 0.25) is 0 Å². The minimum atomic E-state index is -1.17. The van der Waals surface area contributed by atoms with E-state index in [4.69, 9.17) is 10.5 Å². The number of ether oxygens (including phenoxy) is 1. The Morgan fingerprint density at radius 1 is 1.36 bits per heavy atom. The molecule has 120 valence electrons. The van der Waals surface area contributed by atoms with E-state index in [1.54, 1.807) is 30.9 Å². The molecule has 1 heterocycles. The second kappa shape index (κ2) is 6.31. The van der Waals surface area contributed by atoms with Crippen molar-refractivity contribution in [2.24, 2.45) is 5.73 Å². The molecule has 2 rings (SSSR count). The molecule has 7 nitrogen and oxygen atoms in total. The SMILES string of the molecule is CC(C)(Oc1ccccc1[N+](=O)[O-])C(=O)N1CCC(N)CC1. The Morgan fingerprint density at radius 2 is 1.95 bits per heavy atom. The molecule has 0 aliphatic carbocycles. The molecular weight excluding hydrogens is 286 g/mol. The van der Waals surface area contributed by atoms with E-state index in [-0.39, 0.29) is 23.4 Å². The van der Waals surface area contributed by atoms with Crippen molar-refractivity contribution in [1.82, 2.24) is 4.90 Å². The number of benzene rings is 1. The first-order valence-corrected chi connectivity index (χ1v) is 7.28. The van der Waals surface area contributed by atoms with Crippen molar-refractivity contribution in [2.75, 3.05) is 13.1 Å². The Kier molecular flexibility index (Phi) is 4.65. The highest BCUT2D eigenvalue weighted by molar-refractivity contribution is 5.85. The number of nitrogens with zero attached hydrogens (tertiary/aromatic N) is 2. The fourth-order valence-electron chi connectivity index (χ4n) is 2.50. The number of carbonyl (C=O) groups is 1. The predicted octanol–water partition coefficient (Wildman–Crippen LogP) is 1.70. The van der Waals surface area contributed by atoms with Crippen molar-refractivity contribution in [3.8, 4) is 5.75 Å². The van der Waals surface area contributed by atoms with E-state index < -0.39 is 10.5 Å². The van der Waals surface area contributed by atoms with Gasteiger partial charge in [0, 0.05) is 25.2 Å². The van der Waals surface area contributed by atoms with E-state index in [0.717, 1.165) is 12.8 Å². The van der Waals surface area contributed by atoms with Gasteiger partial charge in [0.1, 0.15) is 0 Å². The maximum atomic E-state index is 12.6. The highest BCUT2D eigenvalue weighted by atomic mass is 16.6. The highest BCUT2D eigenvalue weighted by Crippen LogP contribution is 2.30. The second-order valence-electron chi connectivity index (χ2n) is 5.97. The van der Waals surface area contributed by atoms with Crippen LogP contribution in [0.2, 0.25) is 0 Å². The van der Waals surface area contributed by atoms with Crippen LogP contribution in [0.4, 0.5) is 5.69 Å². The van der Waals surface area contributed by atoms with E-state index >= 15 is 0 Å². The lowest BCUT2D eigenvalue weighted by Crippen LogP contribution is -2.52. The lowest BCUT2D eigenvalue weighted by molar-refractivity contribution is -0.386. The summed E-state index contributed by atoms with van der Waals surface area (Å²) in [7, 11) is 0. The summed E-state index contributed by atoms with van der Waals surface area (Å²) in [6.45, 7) is 4.43. The van der Waals surface area contributed by atoms with Gasteiger partial charge in [-0.3, -0.25) is 14.9 Å². The van der Waals surface area contributed by atoms with Gasteiger partial charge in [-0.05, 0) is 32.8 Å². The van der Waals surface area contributed by atoms with Crippen LogP contribution in [0, 0.1) is 10.1 Å². The summed E-state index contributed by atoms with van der Waals surface area (Å²) in [4.78, 5) is 24.8. The molecule has 2 N–H and O–H groups in total. The third-order valence-corrected chi connectivity index (χ3v) is 3.77. The first-order valence-electron chi connectivity index (χ1n) is 7.28. The van der Waals surface area contributed by atoms with Crippen LogP contribution in [0.1, 0.15) is 26.7 Å². The zero-order valence-electron chi connectivity index (χ0n) is 12.8. The third kappa shape index (κ3) is 3.54. The molecule has 0 radical (unpaired) electrons. The molecule has 1 aliphatic rings. The number of piperidine rings is 1. The summed E-state index contributed by atoms with van der Waals surface area (Å²) >= 11 is 0. The summed E-state index contributed by atoms with van der Waals surface area (Å²) in [6, 6.07) is 6.19. The van der Waals surface area contributed by atoms with Gasteiger partial charge in [0.15, 0.2) is 11.4 Å². The number of hydrogen-bond acceptors (Lipinski definition) is 5. The van der Waals surface area contributed by atoms with Crippen molar-refractivity contribution < 1.29 is 14.5 Å². The molecule has 1 fully saturated rings. The van der Waals surface area contributed by atoms with E-state index in [1.165, 1.54) is 12.1 Å². The van der Waals surface area contributed by atoms with Crippen molar-refractivity contribution in [2.45, 2.75) is 38.3 Å². The van der Waals surface area contributed by atoms with E-state index in [1.807, 2.05) is 0 Å². The average Bonchev–Trinajstić information content (AvgIpc) is 2.47. The van der Waals surface area contributed by atoms with E-state index in [2.05, 4.69) is 0 Å². The number of nitro benzene ring substituents is 1. The molecular formula is C15H21N3O4. The van der Waals surface area contributed by atoms with Crippen LogP contribution in [0.3, 0.4) is 0 Å². The number of hydrogen-bond donors (Lipinski definition) is 1. The molecule has 1 amide bonds. The Hall–Kier alpha value is -2.15. The molecule has 1 aliphatic heterocycles. The van der Waals surface area contributed by atoms with Crippen LogP contribution in [-0.4, -0.2) is 40.5 Å². The van der Waals surface area contributed by atoms with Crippen molar-refractivity contribution >= 4 is 11.6 Å². The first kappa shape index (κ1) is 16.2. The Labute approximate surface area is 129 Å². The average molecular weight is 307 g/mol. The van der Waals surface area contributed by atoms with Gasteiger partial charge >= 0.3 is 5.69 Å². The zero-order valence-corrected chi connectivity index (χ0v) is 12.8. The van der Waals surface area contributed by atoms with Gasteiger partial charge in [-0.25, -0.2) is 0 Å². The largest absolute Gasteiger partial charge is 0.471 e. The van der Waals surface area contributed by atoms with Crippen LogP contribution in [0.15, 0.2) is 24.3 Å². The van der Waals surface area contributed by atoms with Crippen molar-refractivity contribution in [3.63, 3.8) is 0 Å². The molecule has 0 saturated carbocycles. The monoisotopic (exact) mass is 307 g/mol. The molecule has 0 unspecified atom stereocenters. The number of amides is 1. The number of nitrogens with two attached hydrogens (primary N) is 1.